The van der Waals surface area contributed by atoms with Gasteiger partial charge in [0, 0.05) is 47.9 Å². The predicted molar refractivity (Wildman–Crippen MR) is 135 cm³/mol. The zero-order valence-corrected chi connectivity index (χ0v) is 19.0. The van der Waals surface area contributed by atoms with Crippen LogP contribution < -0.4 is 5.73 Å². The number of benzene rings is 2. The average Bonchev–Trinajstić information content (AvgIpc) is 2.93. The first-order chi connectivity index (χ1) is 16.2. The summed E-state index contributed by atoms with van der Waals surface area (Å²) in [6.07, 6.45) is 9.84. The van der Waals surface area contributed by atoms with Crippen molar-refractivity contribution in [2.75, 3.05) is 5.73 Å². The van der Waals surface area contributed by atoms with Gasteiger partial charge in [-0.05, 0) is 25.0 Å². The molecule has 2 aromatic heterocycles. The van der Waals surface area contributed by atoms with Crippen LogP contribution in [0.5, 0.6) is 0 Å². The van der Waals surface area contributed by atoms with Crippen molar-refractivity contribution in [1.29, 1.82) is 0 Å². The normalized spacial score (nSPS) is 14.2. The summed E-state index contributed by atoms with van der Waals surface area (Å²) in [5.74, 6) is 1.96. The van der Waals surface area contributed by atoms with Crippen molar-refractivity contribution in [3.63, 3.8) is 0 Å². The molecule has 0 bridgehead atoms. The Kier molecular flexibility index (Phi) is 6.03. The first kappa shape index (κ1) is 21.1. The van der Waals surface area contributed by atoms with E-state index in [0.717, 1.165) is 39.2 Å². The molecule has 1 fully saturated rings. The SMILES string of the molecule is Cn1ccnc(N)cc(-c2ccc3ccc(-c4ccccc4)nc3c2)nc1C1CCCCC1. The zero-order chi connectivity index (χ0) is 22.6. The second kappa shape index (κ2) is 9.41. The summed E-state index contributed by atoms with van der Waals surface area (Å²) in [7, 11) is 2.05. The summed E-state index contributed by atoms with van der Waals surface area (Å²) in [6, 6.07) is 22.6. The van der Waals surface area contributed by atoms with Gasteiger partial charge in [-0.1, -0.05) is 67.8 Å². The lowest BCUT2D eigenvalue weighted by Crippen LogP contribution is -2.12. The minimum Gasteiger partial charge on any atom is -0.384 e. The quantitative estimate of drug-likeness (QED) is 0.401. The Bertz CT molecular complexity index is 1320. The predicted octanol–water partition coefficient (Wildman–Crippen LogP) is 6.45. The van der Waals surface area contributed by atoms with E-state index >= 15 is 0 Å². The fourth-order valence-electron chi connectivity index (χ4n) is 4.64. The largest absolute Gasteiger partial charge is 0.384 e. The number of nitrogens with zero attached hydrogens (tertiary/aromatic N) is 4. The second-order valence-electron chi connectivity index (χ2n) is 8.77. The lowest BCUT2D eigenvalue weighted by Gasteiger charge is -2.22. The first-order valence-electron chi connectivity index (χ1n) is 11.7. The third-order valence-corrected chi connectivity index (χ3v) is 6.42. The molecule has 2 aromatic carbocycles. The van der Waals surface area contributed by atoms with Crippen molar-refractivity contribution in [2.45, 2.75) is 38.0 Å². The molecule has 2 heterocycles. The molecule has 33 heavy (non-hydrogen) atoms. The van der Waals surface area contributed by atoms with Gasteiger partial charge in [0.25, 0.3) is 0 Å². The molecule has 1 aliphatic carbocycles. The van der Waals surface area contributed by atoms with Gasteiger partial charge in [0.15, 0.2) is 0 Å². The number of aromatic nitrogens is 4. The van der Waals surface area contributed by atoms with Gasteiger partial charge in [-0.3, -0.25) is 0 Å². The summed E-state index contributed by atoms with van der Waals surface area (Å²) >= 11 is 0. The van der Waals surface area contributed by atoms with Gasteiger partial charge >= 0.3 is 0 Å². The zero-order valence-electron chi connectivity index (χ0n) is 19.0. The third-order valence-electron chi connectivity index (χ3n) is 6.42. The van der Waals surface area contributed by atoms with Crippen LogP contribution in [-0.4, -0.2) is 19.5 Å². The number of nitrogens with two attached hydrogens (primary N) is 1. The molecule has 0 radical (unpaired) electrons. The Morgan fingerprint density at radius 1 is 0.818 bits per heavy atom. The van der Waals surface area contributed by atoms with Crippen LogP contribution in [0.25, 0.3) is 33.4 Å². The van der Waals surface area contributed by atoms with E-state index in [0.29, 0.717) is 11.7 Å². The second-order valence-corrected chi connectivity index (χ2v) is 8.77. The molecule has 5 nitrogen and oxygen atoms in total. The Labute approximate surface area is 194 Å². The third kappa shape index (κ3) is 4.72. The number of hydrogen-bond acceptors (Lipinski definition) is 4. The highest BCUT2D eigenvalue weighted by Crippen LogP contribution is 2.32. The topological polar surface area (TPSA) is 69.6 Å². The van der Waals surface area contributed by atoms with Crippen LogP contribution in [0.2, 0.25) is 0 Å². The van der Waals surface area contributed by atoms with Crippen molar-refractivity contribution in [3.05, 3.63) is 84.9 Å². The van der Waals surface area contributed by atoms with Gasteiger partial charge in [0.2, 0.25) is 0 Å². The van der Waals surface area contributed by atoms with Crippen molar-refractivity contribution in [3.8, 4) is 22.5 Å². The molecule has 2 N–H and O–H groups in total. The van der Waals surface area contributed by atoms with Gasteiger partial charge in [0.05, 0.1) is 16.9 Å². The van der Waals surface area contributed by atoms with Crippen LogP contribution in [0.4, 0.5) is 5.82 Å². The maximum absolute atomic E-state index is 6.20. The lowest BCUT2D eigenvalue weighted by atomic mass is 9.88. The molecule has 1 saturated carbocycles. The van der Waals surface area contributed by atoms with Crippen molar-refractivity contribution in [1.82, 2.24) is 19.5 Å². The Balaban J connectivity index is 1.66. The van der Waals surface area contributed by atoms with Crippen molar-refractivity contribution < 1.29 is 0 Å². The van der Waals surface area contributed by atoms with E-state index in [4.69, 9.17) is 15.7 Å². The van der Waals surface area contributed by atoms with Gasteiger partial charge in [-0.15, -0.1) is 0 Å². The molecule has 0 spiro atoms. The fraction of sp³-hybridized carbons (Fsp3) is 0.250. The summed E-state index contributed by atoms with van der Waals surface area (Å²) in [5, 5.41) is 1.10. The highest BCUT2D eigenvalue weighted by molar-refractivity contribution is 5.85. The monoisotopic (exact) mass is 435 g/mol. The van der Waals surface area contributed by atoms with E-state index in [9.17, 15) is 0 Å². The van der Waals surface area contributed by atoms with E-state index in [2.05, 4.69) is 52.0 Å². The smallest absolute Gasteiger partial charge is 0.125 e. The van der Waals surface area contributed by atoms with Crippen molar-refractivity contribution in [2.24, 2.45) is 7.05 Å². The molecule has 5 rings (SSSR count). The molecule has 0 aliphatic heterocycles. The molecule has 0 atom stereocenters. The van der Waals surface area contributed by atoms with E-state index in [1.54, 1.807) is 6.20 Å². The Morgan fingerprint density at radius 3 is 2.42 bits per heavy atom. The molecule has 166 valence electrons. The maximum atomic E-state index is 6.20. The number of pyridine rings is 1. The average molecular weight is 436 g/mol. The lowest BCUT2D eigenvalue weighted by molar-refractivity contribution is 0.419. The van der Waals surface area contributed by atoms with E-state index in [1.807, 2.05) is 37.5 Å². The van der Waals surface area contributed by atoms with Crippen molar-refractivity contribution >= 4 is 16.7 Å². The Hall–Kier alpha value is -3.73. The molecule has 0 unspecified atom stereocenters. The number of anilines is 1. The maximum Gasteiger partial charge on any atom is 0.125 e. The van der Waals surface area contributed by atoms with Crippen LogP contribution in [0.1, 0.15) is 43.8 Å². The minimum atomic E-state index is 0.439. The highest BCUT2D eigenvalue weighted by atomic mass is 15.0. The Morgan fingerprint density at radius 2 is 1.61 bits per heavy atom. The molecule has 0 amide bonds. The molecule has 4 aromatic rings. The van der Waals surface area contributed by atoms with E-state index < -0.39 is 0 Å². The summed E-state index contributed by atoms with van der Waals surface area (Å²) in [4.78, 5) is 14.5. The van der Waals surface area contributed by atoms with Gasteiger partial charge in [-0.25, -0.2) is 15.0 Å². The summed E-state index contributed by atoms with van der Waals surface area (Å²) in [6.45, 7) is 0. The van der Waals surface area contributed by atoms with Crippen LogP contribution in [0, 0.1) is 0 Å². The molecule has 0 saturated heterocycles. The van der Waals surface area contributed by atoms with Gasteiger partial charge < -0.3 is 10.3 Å². The van der Waals surface area contributed by atoms with E-state index in [1.165, 1.54) is 32.1 Å². The first-order valence-corrected chi connectivity index (χ1v) is 11.7. The molecule has 1 aliphatic rings. The van der Waals surface area contributed by atoms with Gasteiger partial charge in [0.1, 0.15) is 11.6 Å². The van der Waals surface area contributed by atoms with E-state index in [-0.39, 0.29) is 0 Å². The number of nitrogen functional groups attached to an aromatic ring is 1. The standard InChI is InChI=1S/C28H29N5/c1-33-17-16-30-27(29)19-26(32-28(33)22-10-6-3-7-11-22)23-13-12-21-14-15-24(31-25(21)18-23)20-8-4-2-5-9-20/h2,4-5,8-9,12-19,22H,3,6-7,10-11H2,1H3,(H2,29,30). The van der Waals surface area contributed by atoms with Crippen LogP contribution >= 0.6 is 0 Å². The number of fused-ring (bicyclic) bond motifs is 1. The number of aryl methyl sites for hydroxylation is 1. The van der Waals surface area contributed by atoms with Gasteiger partial charge in [-0.2, -0.15) is 0 Å². The minimum absolute atomic E-state index is 0.439. The highest BCUT2D eigenvalue weighted by Gasteiger charge is 2.19. The summed E-state index contributed by atoms with van der Waals surface area (Å²) in [5.41, 5.74) is 11.0. The fourth-order valence-corrected chi connectivity index (χ4v) is 4.64. The molecule has 5 heteroatoms. The van der Waals surface area contributed by atoms with Crippen LogP contribution in [0.3, 0.4) is 0 Å². The van der Waals surface area contributed by atoms with Crippen LogP contribution in [0.15, 0.2) is 79.1 Å². The van der Waals surface area contributed by atoms with Crippen LogP contribution in [-0.2, 0) is 7.05 Å². The number of hydrogen-bond donors (Lipinski definition) is 1. The summed E-state index contributed by atoms with van der Waals surface area (Å²) < 4.78 is 2.10. The number of rotatable bonds is 3. The molecular weight excluding hydrogens is 406 g/mol. The molecular formula is C28H29N5.